The Kier molecular flexibility index (Phi) is 6.25. The number of nitrogens with one attached hydrogen (secondary N) is 1. The van der Waals surface area contributed by atoms with Gasteiger partial charge in [0.1, 0.15) is 11.3 Å². The highest BCUT2D eigenvalue weighted by molar-refractivity contribution is 9.10. The zero-order valence-electron chi connectivity index (χ0n) is 16.4. The largest absolute Gasteiger partial charge is 0.496 e. The Morgan fingerprint density at radius 2 is 1.68 bits per heavy atom. The molecule has 0 aliphatic heterocycles. The van der Waals surface area contributed by atoms with Gasteiger partial charge in [-0.2, -0.15) is 0 Å². The lowest BCUT2D eigenvalue weighted by Gasteiger charge is -2.08. The maximum atomic E-state index is 13.1. The summed E-state index contributed by atoms with van der Waals surface area (Å²) >= 11 is 6.77. The Balaban J connectivity index is 1.64. The first-order chi connectivity index (χ1) is 15.0. The minimum Gasteiger partial charge on any atom is -0.496 e. The van der Waals surface area contributed by atoms with E-state index in [0.29, 0.717) is 32.6 Å². The van der Waals surface area contributed by atoms with Crippen molar-refractivity contribution >= 4 is 60.1 Å². The third-order valence-corrected chi connectivity index (χ3v) is 5.96. The lowest BCUT2D eigenvalue weighted by molar-refractivity contribution is 0.0997. The molecule has 0 unspecified atom stereocenters. The molecule has 1 aromatic heterocycles. The molecule has 0 saturated heterocycles. The number of anilines is 1. The Labute approximate surface area is 195 Å². The highest BCUT2D eigenvalue weighted by Crippen LogP contribution is 2.33. The summed E-state index contributed by atoms with van der Waals surface area (Å²) < 4.78 is 12.7. The van der Waals surface area contributed by atoms with Crippen LogP contribution in [0.3, 0.4) is 0 Å². The molecule has 5 nitrogen and oxygen atoms in total. The molecule has 0 aliphatic carbocycles. The van der Waals surface area contributed by atoms with Crippen LogP contribution in [-0.4, -0.2) is 25.2 Å². The molecule has 4 aromatic rings. The number of hydrogen-bond acceptors (Lipinski definition) is 5. The van der Waals surface area contributed by atoms with E-state index in [0.717, 1.165) is 9.86 Å². The van der Waals surface area contributed by atoms with Crippen LogP contribution in [0.5, 0.6) is 5.75 Å². The second-order valence-corrected chi connectivity index (χ2v) is 8.53. The van der Waals surface area contributed by atoms with E-state index in [4.69, 9.17) is 9.15 Å². The zero-order valence-corrected chi connectivity index (χ0v) is 19.6. The van der Waals surface area contributed by atoms with Gasteiger partial charge in [0, 0.05) is 21.0 Å². The van der Waals surface area contributed by atoms with Crippen LogP contribution in [0.1, 0.15) is 26.5 Å². The van der Waals surface area contributed by atoms with Gasteiger partial charge in [-0.05, 0) is 70.5 Å². The highest BCUT2D eigenvalue weighted by atomic mass is 79.9. The van der Waals surface area contributed by atoms with Crippen LogP contribution in [0.2, 0.25) is 0 Å². The van der Waals surface area contributed by atoms with Crippen molar-refractivity contribution in [3.8, 4) is 5.75 Å². The number of hydrogen-bond donors (Lipinski definition) is 1. The van der Waals surface area contributed by atoms with Gasteiger partial charge in [0.25, 0.3) is 0 Å². The van der Waals surface area contributed by atoms with Crippen molar-refractivity contribution in [3.63, 3.8) is 0 Å². The molecule has 31 heavy (non-hydrogen) atoms. The zero-order chi connectivity index (χ0) is 22.0. The Hall–Kier alpha value is -2.90. The lowest BCUT2D eigenvalue weighted by atomic mass is 10.1. The minimum atomic E-state index is -0.258. The van der Waals surface area contributed by atoms with E-state index >= 15 is 0 Å². The van der Waals surface area contributed by atoms with Crippen molar-refractivity contribution in [2.45, 2.75) is 0 Å². The summed E-state index contributed by atoms with van der Waals surface area (Å²) in [6.45, 7) is 0.00289. The number of carbonyl (C=O) groups is 2. The van der Waals surface area contributed by atoms with Crippen LogP contribution in [0.15, 0.2) is 80.1 Å². The van der Waals surface area contributed by atoms with E-state index in [1.54, 1.807) is 55.6 Å². The molecule has 0 atom stereocenters. The quantitative estimate of drug-likeness (QED) is 0.270. The monoisotopic (exact) mass is 541 g/mol. The molecule has 1 N–H and O–H groups in total. The standard InChI is InChI=1S/C24H17Br2NO4/c1-30-21-11-8-15(12-18(21)26)19(28)13-27-22-17-4-2-3-5-20(17)31-24(22)23(29)14-6-9-16(25)10-7-14/h2-12,27H,13H2,1H3. The minimum absolute atomic E-state index is 0.00289. The van der Waals surface area contributed by atoms with Crippen LogP contribution >= 0.6 is 31.9 Å². The van der Waals surface area contributed by atoms with Gasteiger partial charge in [-0.25, -0.2) is 0 Å². The molecular weight excluding hydrogens is 526 g/mol. The van der Waals surface area contributed by atoms with Gasteiger partial charge >= 0.3 is 0 Å². The first-order valence-corrected chi connectivity index (χ1v) is 11.0. The maximum Gasteiger partial charge on any atom is 0.230 e. The first kappa shape index (κ1) is 21.3. The third kappa shape index (κ3) is 4.43. The number of carbonyl (C=O) groups excluding carboxylic acids is 2. The number of halogens is 2. The number of benzene rings is 3. The number of ether oxygens (including phenoxy) is 1. The second-order valence-electron chi connectivity index (χ2n) is 6.76. The Morgan fingerprint density at radius 1 is 0.968 bits per heavy atom. The summed E-state index contributed by atoms with van der Waals surface area (Å²) in [6, 6.07) is 19.5. The SMILES string of the molecule is COc1ccc(C(=O)CNc2c(C(=O)c3ccc(Br)cc3)oc3ccccc23)cc1Br. The number of furan rings is 1. The summed E-state index contributed by atoms with van der Waals surface area (Å²) in [5.74, 6) is 0.432. The number of ketones is 2. The van der Waals surface area contributed by atoms with Gasteiger partial charge in [0.05, 0.1) is 23.8 Å². The molecule has 3 aromatic carbocycles. The smallest absolute Gasteiger partial charge is 0.230 e. The second kappa shape index (κ2) is 9.08. The van der Waals surface area contributed by atoms with E-state index in [1.807, 2.05) is 18.2 Å². The summed E-state index contributed by atoms with van der Waals surface area (Å²) in [5, 5.41) is 3.87. The molecule has 156 valence electrons. The number of para-hydroxylation sites is 1. The van der Waals surface area contributed by atoms with Gasteiger partial charge in [-0.3, -0.25) is 9.59 Å². The number of methoxy groups -OCH3 is 1. The van der Waals surface area contributed by atoms with Gasteiger partial charge in [-0.15, -0.1) is 0 Å². The van der Waals surface area contributed by atoms with Gasteiger partial charge in [0.15, 0.2) is 11.5 Å². The van der Waals surface area contributed by atoms with Crippen LogP contribution in [-0.2, 0) is 0 Å². The predicted molar refractivity (Wildman–Crippen MR) is 127 cm³/mol. The molecule has 0 bridgehead atoms. The number of fused-ring (bicyclic) bond motifs is 1. The van der Waals surface area contributed by atoms with Crippen molar-refractivity contribution in [3.05, 3.63) is 92.6 Å². The van der Waals surface area contributed by atoms with Gasteiger partial charge in [-0.1, -0.05) is 28.1 Å². The topological polar surface area (TPSA) is 68.5 Å². The van der Waals surface area contributed by atoms with Crippen molar-refractivity contribution in [1.29, 1.82) is 0 Å². The molecule has 1 heterocycles. The molecule has 0 amide bonds. The van der Waals surface area contributed by atoms with E-state index in [1.165, 1.54) is 0 Å². The molecule has 0 radical (unpaired) electrons. The molecule has 0 fully saturated rings. The summed E-state index contributed by atoms with van der Waals surface area (Å²) in [6.07, 6.45) is 0. The van der Waals surface area contributed by atoms with E-state index < -0.39 is 0 Å². The fourth-order valence-electron chi connectivity index (χ4n) is 3.22. The average molecular weight is 543 g/mol. The van der Waals surface area contributed by atoms with Gasteiger partial charge < -0.3 is 14.5 Å². The maximum absolute atomic E-state index is 13.1. The molecular formula is C24H17Br2NO4. The fourth-order valence-corrected chi connectivity index (χ4v) is 4.03. The molecule has 0 spiro atoms. The Bertz CT molecular complexity index is 1280. The van der Waals surface area contributed by atoms with Crippen LogP contribution in [0.4, 0.5) is 5.69 Å². The Morgan fingerprint density at radius 3 is 2.39 bits per heavy atom. The fraction of sp³-hybridized carbons (Fsp3) is 0.0833. The lowest BCUT2D eigenvalue weighted by Crippen LogP contribution is -2.15. The van der Waals surface area contributed by atoms with Crippen LogP contribution < -0.4 is 10.1 Å². The van der Waals surface area contributed by atoms with Crippen molar-refractivity contribution < 1.29 is 18.7 Å². The van der Waals surface area contributed by atoms with E-state index in [-0.39, 0.29) is 23.9 Å². The van der Waals surface area contributed by atoms with E-state index in [9.17, 15) is 9.59 Å². The summed E-state index contributed by atoms with van der Waals surface area (Å²) in [7, 11) is 1.57. The molecule has 0 saturated carbocycles. The molecule has 0 aliphatic rings. The number of rotatable bonds is 7. The summed E-state index contributed by atoms with van der Waals surface area (Å²) in [5.41, 5.74) is 2.10. The first-order valence-electron chi connectivity index (χ1n) is 9.40. The van der Waals surface area contributed by atoms with Crippen LogP contribution in [0, 0.1) is 0 Å². The normalized spacial score (nSPS) is 10.8. The molecule has 4 rings (SSSR count). The van der Waals surface area contributed by atoms with E-state index in [2.05, 4.69) is 37.2 Å². The van der Waals surface area contributed by atoms with Crippen molar-refractivity contribution in [2.24, 2.45) is 0 Å². The van der Waals surface area contributed by atoms with Crippen molar-refractivity contribution in [1.82, 2.24) is 0 Å². The average Bonchev–Trinajstić information content (AvgIpc) is 3.16. The molecule has 7 heteroatoms. The van der Waals surface area contributed by atoms with Gasteiger partial charge in [0.2, 0.25) is 5.78 Å². The van der Waals surface area contributed by atoms with Crippen molar-refractivity contribution in [2.75, 3.05) is 19.0 Å². The number of Topliss-reactive ketones (excluding diaryl/α,β-unsaturated/α-hetero) is 1. The summed E-state index contributed by atoms with van der Waals surface area (Å²) in [4.78, 5) is 25.9. The third-order valence-electron chi connectivity index (χ3n) is 4.81. The van der Waals surface area contributed by atoms with Crippen LogP contribution in [0.25, 0.3) is 11.0 Å². The predicted octanol–water partition coefficient (Wildman–Crippen LogP) is 6.49. The highest BCUT2D eigenvalue weighted by Gasteiger charge is 2.22.